The van der Waals surface area contributed by atoms with Crippen molar-refractivity contribution >= 4 is 39.6 Å². The number of nitrogens with one attached hydrogen (secondary N) is 2. The molecular formula is C27H28ClN3. The molecule has 1 aromatic heterocycles. The molecular weight excluding hydrogens is 402 g/mol. The highest BCUT2D eigenvalue weighted by Gasteiger charge is 2.13. The van der Waals surface area contributed by atoms with Crippen molar-refractivity contribution in [3.63, 3.8) is 0 Å². The molecule has 0 saturated heterocycles. The summed E-state index contributed by atoms with van der Waals surface area (Å²) < 4.78 is 0. The Morgan fingerprint density at radius 2 is 1.42 bits per heavy atom. The van der Waals surface area contributed by atoms with E-state index >= 15 is 0 Å². The standard InChI is InChI=1S/C27H28ClN3/c1-16-8-6-9-17(2)25(16)29-20(5)23-13-12-21-10-7-11-24(27(21)30-23)31-26-18(3)14-22(28)15-19(26)4/h6-15,20,29,31H,1-5H3. The van der Waals surface area contributed by atoms with Crippen molar-refractivity contribution in [1.29, 1.82) is 0 Å². The molecule has 4 heteroatoms. The SMILES string of the molecule is Cc1cc(Cl)cc(C)c1Nc1cccc2ccc(C(C)Nc3c(C)cccc3C)nc12. The Morgan fingerprint density at radius 3 is 2.10 bits per heavy atom. The van der Waals surface area contributed by atoms with E-state index in [1.807, 2.05) is 12.1 Å². The maximum absolute atomic E-state index is 6.22. The van der Waals surface area contributed by atoms with Gasteiger partial charge in [-0.3, -0.25) is 0 Å². The van der Waals surface area contributed by atoms with Gasteiger partial charge in [-0.05, 0) is 81.1 Å². The van der Waals surface area contributed by atoms with Crippen molar-refractivity contribution in [3.8, 4) is 0 Å². The van der Waals surface area contributed by atoms with Gasteiger partial charge in [-0.2, -0.15) is 0 Å². The highest BCUT2D eigenvalue weighted by Crippen LogP contribution is 2.32. The van der Waals surface area contributed by atoms with E-state index in [0.29, 0.717) is 0 Å². The van der Waals surface area contributed by atoms with E-state index < -0.39 is 0 Å². The summed E-state index contributed by atoms with van der Waals surface area (Å²) in [6.07, 6.45) is 0. The Labute approximate surface area is 189 Å². The molecule has 0 aliphatic rings. The Hall–Kier alpha value is -3.04. The normalized spacial score (nSPS) is 12.1. The number of halogens is 1. The van der Waals surface area contributed by atoms with Crippen LogP contribution in [-0.4, -0.2) is 4.98 Å². The molecule has 4 aromatic rings. The molecule has 0 aliphatic carbocycles. The molecule has 0 fully saturated rings. The van der Waals surface area contributed by atoms with Crippen LogP contribution >= 0.6 is 11.6 Å². The molecule has 1 heterocycles. The topological polar surface area (TPSA) is 37.0 Å². The van der Waals surface area contributed by atoms with Crippen LogP contribution in [0.4, 0.5) is 17.1 Å². The van der Waals surface area contributed by atoms with Gasteiger partial charge in [-0.15, -0.1) is 0 Å². The molecule has 0 saturated carbocycles. The van der Waals surface area contributed by atoms with E-state index in [4.69, 9.17) is 16.6 Å². The number of aromatic nitrogens is 1. The predicted molar refractivity (Wildman–Crippen MR) is 134 cm³/mol. The van der Waals surface area contributed by atoms with Crippen molar-refractivity contribution in [2.75, 3.05) is 10.6 Å². The average Bonchev–Trinajstić information content (AvgIpc) is 2.73. The van der Waals surface area contributed by atoms with Crippen LogP contribution in [0.5, 0.6) is 0 Å². The van der Waals surface area contributed by atoms with Gasteiger partial charge in [0.15, 0.2) is 0 Å². The summed E-state index contributed by atoms with van der Waals surface area (Å²) in [6, 6.07) is 20.9. The molecule has 158 valence electrons. The van der Waals surface area contributed by atoms with E-state index in [9.17, 15) is 0 Å². The lowest BCUT2D eigenvalue weighted by molar-refractivity contribution is 0.843. The largest absolute Gasteiger partial charge is 0.377 e. The van der Waals surface area contributed by atoms with Crippen LogP contribution in [-0.2, 0) is 0 Å². The number of aryl methyl sites for hydroxylation is 4. The molecule has 3 aromatic carbocycles. The first-order valence-electron chi connectivity index (χ1n) is 10.6. The monoisotopic (exact) mass is 429 g/mol. The molecule has 31 heavy (non-hydrogen) atoms. The smallest absolute Gasteiger partial charge is 0.0940 e. The summed E-state index contributed by atoms with van der Waals surface area (Å²) in [6.45, 7) is 10.6. The van der Waals surface area contributed by atoms with Gasteiger partial charge in [0, 0.05) is 21.8 Å². The Balaban J connectivity index is 1.71. The van der Waals surface area contributed by atoms with E-state index in [0.717, 1.165) is 44.1 Å². The van der Waals surface area contributed by atoms with Crippen LogP contribution < -0.4 is 10.6 Å². The molecule has 0 spiro atoms. The van der Waals surface area contributed by atoms with Gasteiger partial charge in [0.25, 0.3) is 0 Å². The summed E-state index contributed by atoms with van der Waals surface area (Å²) in [5.74, 6) is 0. The molecule has 3 nitrogen and oxygen atoms in total. The first kappa shape index (κ1) is 21.2. The minimum Gasteiger partial charge on any atom is -0.377 e. The second-order valence-electron chi connectivity index (χ2n) is 8.29. The molecule has 0 bridgehead atoms. The number of anilines is 3. The number of pyridine rings is 1. The quantitative estimate of drug-likeness (QED) is 0.337. The molecule has 0 aliphatic heterocycles. The van der Waals surface area contributed by atoms with Crippen LogP contribution in [0, 0.1) is 27.7 Å². The van der Waals surface area contributed by atoms with Gasteiger partial charge in [-0.1, -0.05) is 48.0 Å². The maximum atomic E-state index is 6.22. The van der Waals surface area contributed by atoms with Crippen molar-refractivity contribution < 1.29 is 0 Å². The molecule has 1 unspecified atom stereocenters. The van der Waals surface area contributed by atoms with Crippen LogP contribution in [0.2, 0.25) is 5.02 Å². The molecule has 0 amide bonds. The summed E-state index contributed by atoms with van der Waals surface area (Å²) in [7, 11) is 0. The molecule has 0 radical (unpaired) electrons. The highest BCUT2D eigenvalue weighted by atomic mass is 35.5. The number of para-hydroxylation sites is 2. The second kappa shape index (κ2) is 8.60. The van der Waals surface area contributed by atoms with Gasteiger partial charge in [-0.25, -0.2) is 4.98 Å². The zero-order chi connectivity index (χ0) is 22.1. The fourth-order valence-electron chi connectivity index (χ4n) is 4.08. The van der Waals surface area contributed by atoms with E-state index in [-0.39, 0.29) is 6.04 Å². The van der Waals surface area contributed by atoms with Crippen LogP contribution in [0.25, 0.3) is 10.9 Å². The first-order chi connectivity index (χ1) is 14.8. The van der Waals surface area contributed by atoms with Crippen molar-refractivity contribution in [3.05, 3.63) is 93.6 Å². The predicted octanol–water partition coefficient (Wildman–Crippen LogP) is 8.04. The third-order valence-electron chi connectivity index (χ3n) is 5.78. The third kappa shape index (κ3) is 4.38. The van der Waals surface area contributed by atoms with E-state index in [2.05, 4.69) is 93.8 Å². The van der Waals surface area contributed by atoms with Crippen LogP contribution in [0.3, 0.4) is 0 Å². The van der Waals surface area contributed by atoms with Gasteiger partial charge < -0.3 is 10.6 Å². The zero-order valence-corrected chi connectivity index (χ0v) is 19.4. The summed E-state index contributed by atoms with van der Waals surface area (Å²) in [5.41, 5.74) is 9.92. The van der Waals surface area contributed by atoms with Gasteiger partial charge in [0.2, 0.25) is 0 Å². The number of rotatable bonds is 5. The number of nitrogens with zero attached hydrogens (tertiary/aromatic N) is 1. The minimum absolute atomic E-state index is 0.0799. The number of hydrogen-bond acceptors (Lipinski definition) is 3. The molecule has 2 N–H and O–H groups in total. The maximum Gasteiger partial charge on any atom is 0.0940 e. The number of fused-ring (bicyclic) bond motifs is 1. The Bertz CT molecular complexity index is 1220. The van der Waals surface area contributed by atoms with Crippen LogP contribution in [0.1, 0.15) is 40.9 Å². The van der Waals surface area contributed by atoms with Crippen molar-refractivity contribution in [1.82, 2.24) is 4.98 Å². The highest BCUT2D eigenvalue weighted by molar-refractivity contribution is 6.30. The summed E-state index contributed by atoms with van der Waals surface area (Å²) in [5, 5.41) is 9.12. The lowest BCUT2D eigenvalue weighted by atomic mass is 10.1. The van der Waals surface area contributed by atoms with Crippen molar-refractivity contribution in [2.24, 2.45) is 0 Å². The Morgan fingerprint density at radius 1 is 0.774 bits per heavy atom. The summed E-state index contributed by atoms with van der Waals surface area (Å²) >= 11 is 6.22. The van der Waals surface area contributed by atoms with Crippen molar-refractivity contribution in [2.45, 2.75) is 40.7 Å². The van der Waals surface area contributed by atoms with Gasteiger partial charge >= 0.3 is 0 Å². The molecule has 4 rings (SSSR count). The third-order valence-corrected chi connectivity index (χ3v) is 6.00. The lowest BCUT2D eigenvalue weighted by Crippen LogP contribution is -2.11. The summed E-state index contributed by atoms with van der Waals surface area (Å²) in [4.78, 5) is 5.05. The fraction of sp³-hybridized carbons (Fsp3) is 0.222. The first-order valence-corrected chi connectivity index (χ1v) is 11.0. The van der Waals surface area contributed by atoms with Gasteiger partial charge in [0.05, 0.1) is 22.9 Å². The average molecular weight is 430 g/mol. The zero-order valence-electron chi connectivity index (χ0n) is 18.7. The fourth-order valence-corrected chi connectivity index (χ4v) is 4.41. The Kier molecular flexibility index (Phi) is 5.88. The second-order valence-corrected chi connectivity index (χ2v) is 8.72. The number of benzene rings is 3. The lowest BCUT2D eigenvalue weighted by Gasteiger charge is -2.20. The number of hydrogen-bond donors (Lipinski definition) is 2. The van der Waals surface area contributed by atoms with Gasteiger partial charge in [0.1, 0.15) is 0 Å². The van der Waals surface area contributed by atoms with Crippen LogP contribution in [0.15, 0.2) is 60.7 Å². The van der Waals surface area contributed by atoms with E-state index in [1.54, 1.807) is 0 Å². The molecule has 1 atom stereocenters. The minimum atomic E-state index is 0.0799. The van der Waals surface area contributed by atoms with E-state index in [1.165, 1.54) is 16.8 Å².